The molecule has 1 amide bonds. The summed E-state index contributed by atoms with van der Waals surface area (Å²) in [4.78, 5) is 16.4. The van der Waals surface area contributed by atoms with Crippen LogP contribution in [-0.2, 0) is 5.41 Å². The molecule has 0 saturated carbocycles. The largest absolute Gasteiger partial charge is 0.351 e. The van der Waals surface area contributed by atoms with E-state index >= 15 is 0 Å². The van der Waals surface area contributed by atoms with Gasteiger partial charge in [0.25, 0.3) is 5.91 Å². The van der Waals surface area contributed by atoms with Crippen molar-refractivity contribution in [1.82, 2.24) is 34.9 Å². The van der Waals surface area contributed by atoms with Crippen LogP contribution in [0, 0.1) is 6.92 Å². The van der Waals surface area contributed by atoms with Crippen LogP contribution in [0.25, 0.3) is 5.65 Å². The molecular weight excluding hydrogens is 344 g/mol. The molecule has 0 unspecified atom stereocenters. The third kappa shape index (κ3) is 3.02. The Labute approximate surface area is 157 Å². The van der Waals surface area contributed by atoms with Crippen LogP contribution in [0.2, 0.25) is 0 Å². The first-order valence-electron chi connectivity index (χ1n) is 9.01. The maximum absolute atomic E-state index is 12.5. The van der Waals surface area contributed by atoms with E-state index < -0.39 is 0 Å². The average Bonchev–Trinajstić information content (AvgIpc) is 3.18. The fraction of sp³-hybridized carbons (Fsp3) is 0.500. The number of nitrogens with one attached hydrogen (secondary N) is 1. The number of carbonyl (C=O) groups is 1. The molecule has 0 radical (unpaired) electrons. The molecule has 1 fully saturated rings. The minimum absolute atomic E-state index is 0.0683. The molecule has 4 rings (SSSR count). The van der Waals surface area contributed by atoms with Gasteiger partial charge in [0.1, 0.15) is 11.5 Å². The van der Waals surface area contributed by atoms with Crippen molar-refractivity contribution in [2.75, 3.05) is 25.0 Å². The molecule has 0 spiro atoms. The van der Waals surface area contributed by atoms with Crippen molar-refractivity contribution < 1.29 is 4.79 Å². The number of aromatic amines is 1. The molecule has 4 heterocycles. The first-order chi connectivity index (χ1) is 12.7. The van der Waals surface area contributed by atoms with Crippen molar-refractivity contribution in [3.05, 3.63) is 35.4 Å². The van der Waals surface area contributed by atoms with Crippen molar-refractivity contribution in [1.29, 1.82) is 0 Å². The van der Waals surface area contributed by atoms with Gasteiger partial charge in [-0.2, -0.15) is 9.61 Å². The molecule has 9 nitrogen and oxygen atoms in total. The van der Waals surface area contributed by atoms with Gasteiger partial charge in [-0.1, -0.05) is 20.8 Å². The molecule has 0 bridgehead atoms. The molecule has 3 aromatic heterocycles. The summed E-state index contributed by atoms with van der Waals surface area (Å²) >= 11 is 0. The summed E-state index contributed by atoms with van der Waals surface area (Å²) in [5.74, 6) is 1.62. The lowest BCUT2D eigenvalue weighted by molar-refractivity contribution is 0.0699. The number of hydrogen-bond acceptors (Lipinski definition) is 6. The number of carbonyl (C=O) groups excluding carboxylic acids is 1. The number of rotatable bonds is 3. The molecule has 0 aromatic carbocycles. The highest BCUT2D eigenvalue weighted by molar-refractivity contribution is 5.92. The van der Waals surface area contributed by atoms with E-state index in [1.54, 1.807) is 11.0 Å². The zero-order valence-electron chi connectivity index (χ0n) is 16.3. The van der Waals surface area contributed by atoms with E-state index in [2.05, 4.69) is 46.1 Å². The number of likely N-dealkylation sites (N-methyl/N-ethyl adjacent to an activating group) is 1. The Morgan fingerprint density at radius 2 is 2.00 bits per heavy atom. The molecule has 27 heavy (non-hydrogen) atoms. The maximum atomic E-state index is 12.5. The standard InChI is InChI=1S/C18H24N8O/c1-11-8-13(20-19-11)16(27)24(5)12-9-25(10-12)15-7-6-14-21-22-17(18(2,3)4)26(14)23-15/h6-8,12H,9-10H2,1-5H3,(H,19,20). The molecule has 1 saturated heterocycles. The van der Waals surface area contributed by atoms with Gasteiger partial charge < -0.3 is 9.80 Å². The second-order valence-corrected chi connectivity index (χ2v) is 8.15. The molecule has 1 N–H and O–H groups in total. The highest BCUT2D eigenvalue weighted by atomic mass is 16.2. The quantitative estimate of drug-likeness (QED) is 0.751. The van der Waals surface area contributed by atoms with E-state index in [9.17, 15) is 4.79 Å². The molecule has 142 valence electrons. The van der Waals surface area contributed by atoms with Gasteiger partial charge in [0.15, 0.2) is 11.5 Å². The Balaban J connectivity index is 1.48. The van der Waals surface area contributed by atoms with Crippen molar-refractivity contribution in [2.24, 2.45) is 0 Å². The fourth-order valence-electron chi connectivity index (χ4n) is 3.18. The van der Waals surface area contributed by atoms with Gasteiger partial charge in [0, 0.05) is 31.2 Å². The van der Waals surface area contributed by atoms with Gasteiger partial charge >= 0.3 is 0 Å². The first-order valence-corrected chi connectivity index (χ1v) is 9.01. The van der Waals surface area contributed by atoms with Gasteiger partial charge in [-0.25, -0.2) is 0 Å². The number of anilines is 1. The van der Waals surface area contributed by atoms with Crippen LogP contribution in [0.3, 0.4) is 0 Å². The topological polar surface area (TPSA) is 95.3 Å². The molecule has 9 heteroatoms. The Hall–Kier alpha value is -2.97. The number of aromatic nitrogens is 6. The van der Waals surface area contributed by atoms with Gasteiger partial charge in [0.2, 0.25) is 0 Å². The number of fused-ring (bicyclic) bond motifs is 1. The van der Waals surface area contributed by atoms with Gasteiger partial charge in [-0.3, -0.25) is 9.89 Å². The minimum atomic E-state index is -0.142. The van der Waals surface area contributed by atoms with Gasteiger partial charge in [-0.15, -0.1) is 15.3 Å². The van der Waals surface area contributed by atoms with E-state index in [4.69, 9.17) is 5.10 Å². The van der Waals surface area contributed by atoms with Crippen molar-refractivity contribution in [2.45, 2.75) is 39.2 Å². The monoisotopic (exact) mass is 368 g/mol. The van der Waals surface area contributed by atoms with E-state index in [-0.39, 0.29) is 17.4 Å². The van der Waals surface area contributed by atoms with Crippen LogP contribution in [0.1, 0.15) is 42.8 Å². The number of amides is 1. The molecule has 0 atom stereocenters. The van der Waals surface area contributed by atoms with Crippen molar-refractivity contribution >= 4 is 17.4 Å². The molecule has 1 aliphatic rings. The van der Waals surface area contributed by atoms with Crippen LogP contribution < -0.4 is 4.90 Å². The summed E-state index contributed by atoms with van der Waals surface area (Å²) in [7, 11) is 1.82. The summed E-state index contributed by atoms with van der Waals surface area (Å²) < 4.78 is 1.81. The normalized spacial score (nSPS) is 15.2. The van der Waals surface area contributed by atoms with E-state index in [0.717, 1.165) is 36.1 Å². The summed E-state index contributed by atoms with van der Waals surface area (Å²) in [5, 5.41) is 20.1. The second kappa shape index (κ2) is 6.04. The zero-order chi connectivity index (χ0) is 19.3. The Kier molecular flexibility index (Phi) is 3.90. The van der Waals surface area contributed by atoms with Gasteiger partial charge in [0.05, 0.1) is 6.04 Å². The predicted octanol–water partition coefficient (Wildman–Crippen LogP) is 1.41. The third-order valence-electron chi connectivity index (χ3n) is 4.90. The lowest BCUT2D eigenvalue weighted by atomic mass is 9.96. The lowest BCUT2D eigenvalue weighted by Crippen LogP contribution is -2.60. The maximum Gasteiger partial charge on any atom is 0.274 e. The summed E-state index contributed by atoms with van der Waals surface area (Å²) in [6.07, 6.45) is 0. The molecule has 0 aliphatic carbocycles. The second-order valence-electron chi connectivity index (χ2n) is 8.15. The number of aryl methyl sites for hydroxylation is 1. The lowest BCUT2D eigenvalue weighted by Gasteiger charge is -2.44. The Bertz CT molecular complexity index is 992. The summed E-state index contributed by atoms with van der Waals surface area (Å²) in [6, 6.07) is 5.78. The van der Waals surface area contributed by atoms with Gasteiger partial charge in [-0.05, 0) is 25.1 Å². The molecular formula is C18H24N8O. The highest BCUT2D eigenvalue weighted by Crippen LogP contribution is 2.25. The minimum Gasteiger partial charge on any atom is -0.351 e. The Morgan fingerprint density at radius 3 is 2.63 bits per heavy atom. The van der Waals surface area contributed by atoms with Crippen LogP contribution in [0.15, 0.2) is 18.2 Å². The summed E-state index contributed by atoms with van der Waals surface area (Å²) in [5.41, 5.74) is 1.92. The van der Waals surface area contributed by atoms with Crippen molar-refractivity contribution in [3.63, 3.8) is 0 Å². The smallest absolute Gasteiger partial charge is 0.274 e. The average molecular weight is 368 g/mol. The van der Waals surface area contributed by atoms with Crippen LogP contribution in [-0.4, -0.2) is 67.0 Å². The number of nitrogens with zero attached hydrogens (tertiary/aromatic N) is 7. The Morgan fingerprint density at radius 1 is 1.26 bits per heavy atom. The highest BCUT2D eigenvalue weighted by Gasteiger charge is 2.34. The third-order valence-corrected chi connectivity index (χ3v) is 4.90. The molecule has 3 aromatic rings. The molecule has 1 aliphatic heterocycles. The van der Waals surface area contributed by atoms with E-state index in [1.807, 2.05) is 30.6 Å². The van der Waals surface area contributed by atoms with Crippen LogP contribution in [0.4, 0.5) is 5.82 Å². The first kappa shape index (κ1) is 17.4. The fourth-order valence-corrected chi connectivity index (χ4v) is 3.18. The van der Waals surface area contributed by atoms with Crippen molar-refractivity contribution in [3.8, 4) is 0 Å². The van der Waals surface area contributed by atoms with E-state index in [0.29, 0.717) is 5.69 Å². The SMILES string of the molecule is Cc1cc(C(=O)N(C)C2CN(c3ccc4nnc(C(C)(C)C)n4n3)C2)n[nH]1. The van der Waals surface area contributed by atoms with E-state index in [1.165, 1.54) is 0 Å². The summed E-state index contributed by atoms with van der Waals surface area (Å²) in [6.45, 7) is 9.63. The number of H-pyrrole nitrogens is 1. The van der Waals surface area contributed by atoms with Crippen LogP contribution >= 0.6 is 0 Å². The van der Waals surface area contributed by atoms with Crippen LogP contribution in [0.5, 0.6) is 0 Å². The zero-order valence-corrected chi connectivity index (χ0v) is 16.3. The number of hydrogen-bond donors (Lipinski definition) is 1. The predicted molar refractivity (Wildman–Crippen MR) is 101 cm³/mol.